The molecule has 3 aromatic rings. The molecule has 0 heterocycles. The summed E-state index contributed by atoms with van der Waals surface area (Å²) in [7, 11) is -2.47. The van der Waals surface area contributed by atoms with Crippen molar-refractivity contribution in [2.45, 2.75) is 18.2 Å². The number of carbonyl (C=O) groups excluding carboxylic acids is 1. The summed E-state index contributed by atoms with van der Waals surface area (Å²) in [5, 5.41) is 2.73. The molecule has 0 saturated heterocycles. The minimum Gasteiger partial charge on any atom is -0.497 e. The van der Waals surface area contributed by atoms with Crippen molar-refractivity contribution in [3.8, 4) is 11.5 Å². The van der Waals surface area contributed by atoms with Gasteiger partial charge >= 0.3 is 0 Å². The minimum absolute atomic E-state index is 0.0967. The maximum atomic E-state index is 13.3. The van der Waals surface area contributed by atoms with Gasteiger partial charge in [-0.2, -0.15) is 0 Å². The molecule has 1 N–H and O–H groups in total. The number of sulfonamides is 1. The molecule has 0 aliphatic carbocycles. The number of hydrogen-bond acceptors (Lipinski definition) is 5. The third kappa shape index (κ3) is 6.49. The lowest BCUT2D eigenvalue weighted by molar-refractivity contribution is -0.119. The Morgan fingerprint density at radius 1 is 0.939 bits per heavy atom. The molecule has 33 heavy (non-hydrogen) atoms. The van der Waals surface area contributed by atoms with E-state index in [1.54, 1.807) is 42.5 Å². The standard InChI is InChI=1S/C25H28N2O5S/c1-3-20-12-14-22(15-13-20)32-17-16-26-25(28)19-27(21-8-7-9-23(18-21)31-2)33(29,30)24-10-5-4-6-11-24/h4-15,18H,3,16-17,19H2,1-2H3,(H,26,28). The first-order valence-corrected chi connectivity index (χ1v) is 12.1. The van der Waals surface area contributed by atoms with E-state index in [-0.39, 0.29) is 24.6 Å². The first-order valence-electron chi connectivity index (χ1n) is 10.6. The molecule has 1 amide bonds. The van der Waals surface area contributed by atoms with Gasteiger partial charge in [-0.15, -0.1) is 0 Å². The average Bonchev–Trinajstić information content (AvgIpc) is 2.86. The molecule has 0 unspecified atom stereocenters. The molecule has 0 aliphatic heterocycles. The van der Waals surface area contributed by atoms with Gasteiger partial charge in [0.1, 0.15) is 24.7 Å². The Morgan fingerprint density at radius 3 is 2.33 bits per heavy atom. The summed E-state index contributed by atoms with van der Waals surface area (Å²) in [6.07, 6.45) is 0.950. The van der Waals surface area contributed by atoms with E-state index in [2.05, 4.69) is 12.2 Å². The van der Waals surface area contributed by atoms with Gasteiger partial charge in [-0.25, -0.2) is 8.42 Å². The van der Waals surface area contributed by atoms with Crippen molar-refractivity contribution in [1.29, 1.82) is 0 Å². The van der Waals surface area contributed by atoms with E-state index in [4.69, 9.17) is 9.47 Å². The summed E-state index contributed by atoms with van der Waals surface area (Å²) in [5.41, 5.74) is 1.55. The molecule has 3 aromatic carbocycles. The quantitative estimate of drug-likeness (QED) is 0.434. The fourth-order valence-corrected chi connectivity index (χ4v) is 4.60. The molecule has 8 heteroatoms. The fraction of sp³-hybridized carbons (Fsp3) is 0.240. The van der Waals surface area contributed by atoms with Crippen molar-refractivity contribution in [3.05, 3.63) is 84.4 Å². The van der Waals surface area contributed by atoms with E-state index in [0.717, 1.165) is 10.7 Å². The lowest BCUT2D eigenvalue weighted by Crippen LogP contribution is -2.41. The largest absolute Gasteiger partial charge is 0.497 e. The second-order valence-corrected chi connectivity index (χ2v) is 9.08. The van der Waals surface area contributed by atoms with Crippen molar-refractivity contribution in [2.75, 3.05) is 31.1 Å². The maximum Gasteiger partial charge on any atom is 0.264 e. The minimum atomic E-state index is -3.97. The van der Waals surface area contributed by atoms with Gasteiger partial charge in [0, 0.05) is 6.07 Å². The van der Waals surface area contributed by atoms with Gasteiger partial charge in [-0.1, -0.05) is 43.3 Å². The van der Waals surface area contributed by atoms with Gasteiger partial charge in [0.05, 0.1) is 24.2 Å². The molecule has 0 saturated carbocycles. The van der Waals surface area contributed by atoms with Crippen molar-refractivity contribution in [1.82, 2.24) is 5.32 Å². The lowest BCUT2D eigenvalue weighted by Gasteiger charge is -2.24. The monoisotopic (exact) mass is 468 g/mol. The lowest BCUT2D eigenvalue weighted by atomic mass is 10.2. The SMILES string of the molecule is CCc1ccc(OCCNC(=O)CN(c2cccc(OC)c2)S(=O)(=O)c2ccccc2)cc1. The van der Waals surface area contributed by atoms with E-state index in [9.17, 15) is 13.2 Å². The number of rotatable bonds is 11. The number of nitrogens with one attached hydrogen (secondary N) is 1. The van der Waals surface area contributed by atoms with Gasteiger partial charge in [-0.05, 0) is 48.4 Å². The van der Waals surface area contributed by atoms with E-state index in [1.165, 1.54) is 24.8 Å². The Kier molecular flexibility index (Phi) is 8.32. The van der Waals surface area contributed by atoms with Crippen LogP contribution in [0.5, 0.6) is 11.5 Å². The second kappa shape index (κ2) is 11.4. The Morgan fingerprint density at radius 2 is 1.67 bits per heavy atom. The predicted molar refractivity (Wildman–Crippen MR) is 128 cm³/mol. The van der Waals surface area contributed by atoms with Crippen LogP contribution in [0.25, 0.3) is 0 Å². The summed E-state index contributed by atoms with van der Waals surface area (Å²) in [6, 6.07) is 22.4. The predicted octanol–water partition coefficient (Wildman–Crippen LogP) is 3.65. The summed E-state index contributed by atoms with van der Waals surface area (Å²) < 4.78 is 38.6. The van der Waals surface area contributed by atoms with E-state index in [0.29, 0.717) is 17.2 Å². The van der Waals surface area contributed by atoms with Crippen LogP contribution in [-0.4, -0.2) is 41.1 Å². The Balaban J connectivity index is 1.68. The normalized spacial score (nSPS) is 11.0. The fourth-order valence-electron chi connectivity index (χ4n) is 3.17. The first-order chi connectivity index (χ1) is 15.9. The Labute approximate surface area is 195 Å². The van der Waals surface area contributed by atoms with E-state index in [1.807, 2.05) is 24.3 Å². The molecule has 7 nitrogen and oxygen atoms in total. The number of methoxy groups -OCH3 is 1. The highest BCUT2D eigenvalue weighted by atomic mass is 32.2. The third-order valence-electron chi connectivity index (χ3n) is 4.98. The van der Waals surface area contributed by atoms with Crippen molar-refractivity contribution in [3.63, 3.8) is 0 Å². The molecule has 0 fully saturated rings. The number of ether oxygens (including phenoxy) is 2. The Hall–Kier alpha value is -3.52. The van der Waals surface area contributed by atoms with Crippen LogP contribution in [0, 0.1) is 0 Å². The smallest absolute Gasteiger partial charge is 0.264 e. The number of nitrogens with zero attached hydrogens (tertiary/aromatic N) is 1. The zero-order valence-electron chi connectivity index (χ0n) is 18.7. The van der Waals surface area contributed by atoms with Crippen molar-refractivity contribution >= 4 is 21.6 Å². The van der Waals surface area contributed by atoms with Crippen LogP contribution in [0.3, 0.4) is 0 Å². The van der Waals surface area contributed by atoms with Crippen LogP contribution in [0.15, 0.2) is 83.8 Å². The van der Waals surface area contributed by atoms with Crippen molar-refractivity contribution < 1.29 is 22.7 Å². The number of amides is 1. The van der Waals surface area contributed by atoms with Crippen LogP contribution in [-0.2, 0) is 21.2 Å². The molecule has 0 aliphatic rings. The second-order valence-electron chi connectivity index (χ2n) is 7.22. The zero-order chi connectivity index (χ0) is 23.7. The highest BCUT2D eigenvalue weighted by Crippen LogP contribution is 2.26. The zero-order valence-corrected chi connectivity index (χ0v) is 19.5. The van der Waals surface area contributed by atoms with Gasteiger partial charge < -0.3 is 14.8 Å². The van der Waals surface area contributed by atoms with Gasteiger partial charge in [0.2, 0.25) is 5.91 Å². The number of hydrogen-bond donors (Lipinski definition) is 1. The summed E-state index contributed by atoms with van der Waals surface area (Å²) in [4.78, 5) is 12.7. The molecule has 0 radical (unpaired) electrons. The Bertz CT molecular complexity index is 1150. The number of benzene rings is 3. The maximum absolute atomic E-state index is 13.3. The topological polar surface area (TPSA) is 84.9 Å². The highest BCUT2D eigenvalue weighted by Gasteiger charge is 2.27. The number of carbonyl (C=O) groups is 1. The van der Waals surface area contributed by atoms with E-state index < -0.39 is 15.9 Å². The molecular weight excluding hydrogens is 440 g/mol. The molecule has 174 valence electrons. The van der Waals surface area contributed by atoms with Crippen LogP contribution >= 0.6 is 0 Å². The molecule has 3 rings (SSSR count). The molecular formula is C25H28N2O5S. The first kappa shape index (κ1) is 24.1. The average molecular weight is 469 g/mol. The van der Waals surface area contributed by atoms with E-state index >= 15 is 0 Å². The molecule has 0 aromatic heterocycles. The summed E-state index contributed by atoms with van der Waals surface area (Å²) in [5.74, 6) is 0.761. The van der Waals surface area contributed by atoms with Crippen LogP contribution in [0.4, 0.5) is 5.69 Å². The third-order valence-corrected chi connectivity index (χ3v) is 6.77. The van der Waals surface area contributed by atoms with Crippen molar-refractivity contribution in [2.24, 2.45) is 0 Å². The number of anilines is 1. The molecule has 0 spiro atoms. The van der Waals surface area contributed by atoms with Crippen LogP contribution in [0.1, 0.15) is 12.5 Å². The number of aryl methyl sites for hydroxylation is 1. The molecule has 0 atom stereocenters. The molecule has 0 bridgehead atoms. The summed E-state index contributed by atoms with van der Waals surface area (Å²) >= 11 is 0. The van der Waals surface area contributed by atoms with Gasteiger partial charge in [0.15, 0.2) is 0 Å². The highest BCUT2D eigenvalue weighted by molar-refractivity contribution is 7.92. The van der Waals surface area contributed by atoms with Crippen LogP contribution in [0.2, 0.25) is 0 Å². The van der Waals surface area contributed by atoms with Crippen LogP contribution < -0.4 is 19.1 Å². The summed E-state index contributed by atoms with van der Waals surface area (Å²) in [6.45, 7) is 2.21. The van der Waals surface area contributed by atoms with Gasteiger partial charge in [0.25, 0.3) is 10.0 Å². The van der Waals surface area contributed by atoms with Gasteiger partial charge in [-0.3, -0.25) is 9.10 Å².